The first kappa shape index (κ1) is 18.2. The van der Waals surface area contributed by atoms with Crippen molar-refractivity contribution in [3.05, 3.63) is 71.3 Å². The number of carbonyl (C=O) groups is 1. The molecule has 0 aromatic heterocycles. The van der Waals surface area contributed by atoms with Crippen molar-refractivity contribution < 1.29 is 9.90 Å². The fourth-order valence-electron chi connectivity index (χ4n) is 4.26. The number of piperidine rings is 1. The SMILES string of the molecule is O=C(c1ccc(CN2CCCCC2)cc1)N1CC[C@](O)(c2ccccc2)C1. The summed E-state index contributed by atoms with van der Waals surface area (Å²) in [5, 5.41) is 11.0. The highest BCUT2D eigenvalue weighted by Crippen LogP contribution is 2.32. The van der Waals surface area contributed by atoms with Gasteiger partial charge in [0.2, 0.25) is 0 Å². The van der Waals surface area contributed by atoms with Gasteiger partial charge in [-0.05, 0) is 55.6 Å². The molecule has 0 saturated carbocycles. The quantitative estimate of drug-likeness (QED) is 0.904. The molecule has 4 rings (SSSR count). The highest BCUT2D eigenvalue weighted by Gasteiger charge is 2.39. The summed E-state index contributed by atoms with van der Waals surface area (Å²) < 4.78 is 0. The third-order valence-electron chi connectivity index (χ3n) is 5.90. The molecule has 4 nitrogen and oxygen atoms in total. The molecule has 1 atom stereocenters. The van der Waals surface area contributed by atoms with Gasteiger partial charge >= 0.3 is 0 Å². The summed E-state index contributed by atoms with van der Waals surface area (Å²) in [6.45, 7) is 4.25. The molecule has 2 aromatic rings. The van der Waals surface area contributed by atoms with Crippen molar-refractivity contribution in [1.29, 1.82) is 0 Å². The van der Waals surface area contributed by atoms with Crippen LogP contribution < -0.4 is 0 Å². The first-order valence-corrected chi connectivity index (χ1v) is 10.0. The van der Waals surface area contributed by atoms with Gasteiger partial charge in [0.1, 0.15) is 5.60 Å². The minimum atomic E-state index is -0.939. The lowest BCUT2D eigenvalue weighted by Gasteiger charge is -2.26. The molecule has 0 aliphatic carbocycles. The molecule has 4 heteroatoms. The Hall–Kier alpha value is -2.17. The molecule has 2 saturated heterocycles. The van der Waals surface area contributed by atoms with Crippen LogP contribution in [0.25, 0.3) is 0 Å². The summed E-state index contributed by atoms with van der Waals surface area (Å²) >= 11 is 0. The molecular weight excluding hydrogens is 336 g/mol. The largest absolute Gasteiger partial charge is 0.383 e. The van der Waals surface area contributed by atoms with Crippen LogP contribution in [-0.4, -0.2) is 47.0 Å². The van der Waals surface area contributed by atoms with E-state index in [1.54, 1.807) is 4.90 Å². The van der Waals surface area contributed by atoms with Gasteiger partial charge in [-0.2, -0.15) is 0 Å². The first-order chi connectivity index (χ1) is 13.1. The Balaban J connectivity index is 1.39. The molecule has 2 heterocycles. The molecule has 1 amide bonds. The number of likely N-dealkylation sites (tertiary alicyclic amines) is 2. The maximum Gasteiger partial charge on any atom is 0.253 e. The van der Waals surface area contributed by atoms with Gasteiger partial charge in [0.25, 0.3) is 5.91 Å². The number of hydrogen-bond acceptors (Lipinski definition) is 3. The van der Waals surface area contributed by atoms with E-state index in [-0.39, 0.29) is 5.91 Å². The Morgan fingerprint density at radius 2 is 1.63 bits per heavy atom. The Kier molecular flexibility index (Phi) is 5.28. The van der Waals surface area contributed by atoms with Crippen LogP contribution in [0.5, 0.6) is 0 Å². The lowest BCUT2D eigenvalue weighted by Crippen LogP contribution is -2.34. The third-order valence-corrected chi connectivity index (χ3v) is 5.90. The topological polar surface area (TPSA) is 43.8 Å². The summed E-state index contributed by atoms with van der Waals surface area (Å²) in [6.07, 6.45) is 4.50. The van der Waals surface area contributed by atoms with Crippen LogP contribution in [0.1, 0.15) is 47.2 Å². The number of hydrogen-bond donors (Lipinski definition) is 1. The third kappa shape index (κ3) is 4.07. The predicted octanol–water partition coefficient (Wildman–Crippen LogP) is 3.41. The summed E-state index contributed by atoms with van der Waals surface area (Å²) in [4.78, 5) is 17.1. The van der Waals surface area contributed by atoms with Gasteiger partial charge in [0, 0.05) is 18.7 Å². The van der Waals surface area contributed by atoms with Crippen molar-refractivity contribution in [2.24, 2.45) is 0 Å². The van der Waals surface area contributed by atoms with Crippen molar-refractivity contribution >= 4 is 5.91 Å². The maximum atomic E-state index is 12.9. The molecule has 0 bridgehead atoms. The number of amides is 1. The Labute approximate surface area is 161 Å². The van der Waals surface area contributed by atoms with Gasteiger partial charge in [0.15, 0.2) is 0 Å². The molecule has 2 aliphatic heterocycles. The lowest BCUT2D eigenvalue weighted by molar-refractivity contribution is 0.0417. The van der Waals surface area contributed by atoms with Crippen LogP contribution in [-0.2, 0) is 12.1 Å². The van der Waals surface area contributed by atoms with Gasteiger partial charge in [-0.15, -0.1) is 0 Å². The summed E-state index contributed by atoms with van der Waals surface area (Å²) in [5.74, 6) is 0.00591. The van der Waals surface area contributed by atoms with Crippen LogP contribution >= 0.6 is 0 Å². The highest BCUT2D eigenvalue weighted by molar-refractivity contribution is 5.94. The number of carbonyl (C=O) groups excluding carboxylic acids is 1. The number of aliphatic hydroxyl groups is 1. The van der Waals surface area contributed by atoms with E-state index in [1.165, 1.54) is 37.9 Å². The molecule has 27 heavy (non-hydrogen) atoms. The first-order valence-electron chi connectivity index (χ1n) is 10.0. The van der Waals surface area contributed by atoms with Crippen LogP contribution in [0.4, 0.5) is 0 Å². The van der Waals surface area contributed by atoms with Gasteiger partial charge in [-0.3, -0.25) is 9.69 Å². The molecule has 2 aliphatic rings. The van der Waals surface area contributed by atoms with E-state index >= 15 is 0 Å². The summed E-state index contributed by atoms with van der Waals surface area (Å²) in [6, 6.07) is 17.7. The van der Waals surface area contributed by atoms with E-state index in [2.05, 4.69) is 17.0 Å². The van der Waals surface area contributed by atoms with Gasteiger partial charge < -0.3 is 10.0 Å². The van der Waals surface area contributed by atoms with Gasteiger partial charge in [0.05, 0.1) is 6.54 Å². The zero-order valence-electron chi connectivity index (χ0n) is 15.8. The smallest absolute Gasteiger partial charge is 0.253 e. The van der Waals surface area contributed by atoms with Crippen LogP contribution in [0.2, 0.25) is 0 Å². The number of nitrogens with zero attached hydrogens (tertiary/aromatic N) is 2. The normalized spacial score (nSPS) is 23.5. The molecule has 0 spiro atoms. The maximum absolute atomic E-state index is 12.9. The zero-order valence-corrected chi connectivity index (χ0v) is 15.8. The Bertz CT molecular complexity index is 769. The number of rotatable bonds is 4. The van der Waals surface area contributed by atoms with Crippen LogP contribution in [0, 0.1) is 0 Å². The van der Waals surface area contributed by atoms with E-state index < -0.39 is 5.60 Å². The van der Waals surface area contributed by atoms with Crippen molar-refractivity contribution in [2.75, 3.05) is 26.2 Å². The molecule has 2 fully saturated rings. The highest BCUT2D eigenvalue weighted by atomic mass is 16.3. The molecular formula is C23H28N2O2. The number of β-amino-alcohol motifs (C(OH)–C–C–N with tert-alkyl or cyclic N) is 1. The van der Waals surface area contributed by atoms with Crippen molar-refractivity contribution in [1.82, 2.24) is 9.80 Å². The van der Waals surface area contributed by atoms with E-state index in [0.717, 1.165) is 12.1 Å². The number of benzene rings is 2. The van der Waals surface area contributed by atoms with Crippen LogP contribution in [0.3, 0.4) is 0 Å². The van der Waals surface area contributed by atoms with E-state index in [4.69, 9.17) is 0 Å². The van der Waals surface area contributed by atoms with Crippen molar-refractivity contribution in [3.8, 4) is 0 Å². The van der Waals surface area contributed by atoms with Crippen LogP contribution in [0.15, 0.2) is 54.6 Å². The van der Waals surface area contributed by atoms with E-state index in [0.29, 0.717) is 25.1 Å². The van der Waals surface area contributed by atoms with Gasteiger partial charge in [-0.25, -0.2) is 0 Å². The Morgan fingerprint density at radius 1 is 0.926 bits per heavy atom. The minimum absolute atomic E-state index is 0.00591. The van der Waals surface area contributed by atoms with Gasteiger partial charge in [-0.1, -0.05) is 48.9 Å². The summed E-state index contributed by atoms with van der Waals surface area (Å²) in [5.41, 5.74) is 1.91. The average molecular weight is 364 g/mol. The molecule has 1 N–H and O–H groups in total. The van der Waals surface area contributed by atoms with Crippen molar-refractivity contribution in [3.63, 3.8) is 0 Å². The monoisotopic (exact) mass is 364 g/mol. The summed E-state index contributed by atoms with van der Waals surface area (Å²) in [7, 11) is 0. The lowest BCUT2D eigenvalue weighted by atomic mass is 9.93. The molecule has 0 radical (unpaired) electrons. The fourth-order valence-corrected chi connectivity index (χ4v) is 4.26. The standard InChI is InChI=1S/C23H28N2O2/c26-22(25-16-13-23(27,18-25)21-7-3-1-4-8-21)20-11-9-19(10-12-20)17-24-14-5-2-6-15-24/h1,3-4,7-12,27H,2,5-6,13-18H2/t23-/m1/s1. The second-order valence-electron chi connectivity index (χ2n) is 7.91. The van der Waals surface area contributed by atoms with E-state index in [1.807, 2.05) is 42.5 Å². The Morgan fingerprint density at radius 3 is 2.33 bits per heavy atom. The second-order valence-corrected chi connectivity index (χ2v) is 7.91. The molecule has 0 unspecified atom stereocenters. The fraction of sp³-hybridized carbons (Fsp3) is 0.435. The molecule has 142 valence electrons. The zero-order chi connectivity index (χ0) is 18.7. The predicted molar refractivity (Wildman–Crippen MR) is 106 cm³/mol. The van der Waals surface area contributed by atoms with E-state index in [9.17, 15) is 9.90 Å². The molecule has 2 aromatic carbocycles. The van der Waals surface area contributed by atoms with Crippen molar-refractivity contribution in [2.45, 2.75) is 37.8 Å². The average Bonchev–Trinajstić information content (AvgIpc) is 3.13. The minimum Gasteiger partial charge on any atom is -0.383 e. The second kappa shape index (κ2) is 7.83.